The van der Waals surface area contributed by atoms with E-state index < -0.39 is 0 Å². The van der Waals surface area contributed by atoms with Gasteiger partial charge < -0.3 is 4.74 Å². The Hall–Kier alpha value is -1.57. The van der Waals surface area contributed by atoms with Gasteiger partial charge in [0.2, 0.25) is 5.88 Å². The highest BCUT2D eigenvalue weighted by atomic mass is 16.5. The van der Waals surface area contributed by atoms with Gasteiger partial charge in [-0.05, 0) is 29.0 Å². The smallest absolute Gasteiger partial charge is 0.221 e. The van der Waals surface area contributed by atoms with Crippen LogP contribution in [0.2, 0.25) is 0 Å². The molecule has 1 aromatic carbocycles. The van der Waals surface area contributed by atoms with Crippen LogP contribution in [0.1, 0.15) is 25.3 Å². The first-order chi connectivity index (χ1) is 7.24. The number of nitrogens with zero attached hydrogens (tertiary/aromatic N) is 1. The zero-order valence-corrected chi connectivity index (χ0v) is 9.32. The lowest BCUT2D eigenvalue weighted by Gasteiger charge is -2.11. The first kappa shape index (κ1) is 9.97. The summed E-state index contributed by atoms with van der Waals surface area (Å²) in [6.07, 6.45) is 1.80. The van der Waals surface area contributed by atoms with Crippen molar-refractivity contribution in [2.45, 2.75) is 19.8 Å². The Morgan fingerprint density at radius 2 is 1.93 bits per heavy atom. The average molecular weight is 201 g/mol. The summed E-state index contributed by atoms with van der Waals surface area (Å²) in [6, 6.07) is 8.31. The quantitative estimate of drug-likeness (QED) is 0.743. The third kappa shape index (κ3) is 1.67. The largest absolute Gasteiger partial charge is 0.481 e. The van der Waals surface area contributed by atoms with Gasteiger partial charge in [-0.1, -0.05) is 26.0 Å². The van der Waals surface area contributed by atoms with Crippen molar-refractivity contribution < 1.29 is 4.74 Å². The summed E-state index contributed by atoms with van der Waals surface area (Å²) >= 11 is 0. The molecule has 0 radical (unpaired) electrons. The summed E-state index contributed by atoms with van der Waals surface area (Å²) in [5.41, 5.74) is 1.34. The van der Waals surface area contributed by atoms with Crippen LogP contribution in [0.5, 0.6) is 5.88 Å². The fourth-order valence-corrected chi connectivity index (χ4v) is 1.87. The molecule has 1 heterocycles. The molecule has 2 rings (SSSR count). The first-order valence-electron chi connectivity index (χ1n) is 5.15. The highest BCUT2D eigenvalue weighted by molar-refractivity contribution is 5.89. The Morgan fingerprint density at radius 3 is 2.60 bits per heavy atom. The van der Waals surface area contributed by atoms with Crippen LogP contribution >= 0.6 is 0 Å². The first-order valence-corrected chi connectivity index (χ1v) is 5.15. The fraction of sp³-hybridized carbons (Fsp3) is 0.308. The van der Waals surface area contributed by atoms with Gasteiger partial charge in [-0.25, -0.2) is 4.98 Å². The van der Waals surface area contributed by atoms with Gasteiger partial charge in [0.15, 0.2) is 0 Å². The molecule has 2 nitrogen and oxygen atoms in total. The van der Waals surface area contributed by atoms with Gasteiger partial charge in [0.05, 0.1) is 7.11 Å². The second-order valence-electron chi connectivity index (χ2n) is 3.92. The van der Waals surface area contributed by atoms with Crippen molar-refractivity contribution in [1.29, 1.82) is 0 Å². The number of pyridine rings is 1. The second kappa shape index (κ2) is 3.89. The molecule has 0 N–H and O–H groups in total. The average Bonchev–Trinajstić information content (AvgIpc) is 2.27. The number of fused-ring (bicyclic) bond motifs is 1. The number of hydrogen-bond acceptors (Lipinski definition) is 2. The lowest BCUT2D eigenvalue weighted by molar-refractivity contribution is 0.403. The van der Waals surface area contributed by atoms with Crippen LogP contribution in [0.4, 0.5) is 0 Å². The minimum atomic E-state index is 0.515. The van der Waals surface area contributed by atoms with E-state index in [4.69, 9.17) is 4.74 Å². The molecule has 0 saturated carbocycles. The van der Waals surface area contributed by atoms with E-state index >= 15 is 0 Å². The molecule has 0 atom stereocenters. The number of methoxy groups -OCH3 is 1. The van der Waals surface area contributed by atoms with Gasteiger partial charge >= 0.3 is 0 Å². The van der Waals surface area contributed by atoms with Crippen molar-refractivity contribution in [2.24, 2.45) is 0 Å². The number of hydrogen-bond donors (Lipinski definition) is 0. The van der Waals surface area contributed by atoms with Crippen LogP contribution in [0.25, 0.3) is 10.8 Å². The molecule has 0 bridgehead atoms. The summed E-state index contributed by atoms with van der Waals surface area (Å²) in [6.45, 7) is 4.39. The van der Waals surface area contributed by atoms with E-state index in [1.165, 1.54) is 10.9 Å². The van der Waals surface area contributed by atoms with Gasteiger partial charge in [0, 0.05) is 11.6 Å². The molecule has 0 saturated heterocycles. The summed E-state index contributed by atoms with van der Waals surface area (Å²) in [5, 5.41) is 2.32. The maximum atomic E-state index is 5.25. The zero-order chi connectivity index (χ0) is 10.8. The monoisotopic (exact) mass is 201 g/mol. The summed E-state index contributed by atoms with van der Waals surface area (Å²) in [4.78, 5) is 4.20. The SMILES string of the molecule is COc1nccc2c(C(C)C)cccc12. The van der Waals surface area contributed by atoms with Crippen LogP contribution in [-0.4, -0.2) is 12.1 Å². The second-order valence-corrected chi connectivity index (χ2v) is 3.92. The number of benzene rings is 1. The van der Waals surface area contributed by atoms with Crippen molar-refractivity contribution in [1.82, 2.24) is 4.98 Å². The van der Waals surface area contributed by atoms with Crippen LogP contribution in [0.3, 0.4) is 0 Å². The zero-order valence-electron chi connectivity index (χ0n) is 9.32. The van der Waals surface area contributed by atoms with E-state index in [0.29, 0.717) is 11.8 Å². The van der Waals surface area contributed by atoms with Crippen LogP contribution < -0.4 is 4.74 Å². The molecule has 15 heavy (non-hydrogen) atoms. The topological polar surface area (TPSA) is 22.1 Å². The fourth-order valence-electron chi connectivity index (χ4n) is 1.87. The third-order valence-electron chi connectivity index (χ3n) is 2.62. The van der Waals surface area contributed by atoms with E-state index in [1.807, 2.05) is 12.1 Å². The van der Waals surface area contributed by atoms with Crippen molar-refractivity contribution in [3.63, 3.8) is 0 Å². The maximum Gasteiger partial charge on any atom is 0.221 e. The highest BCUT2D eigenvalue weighted by Crippen LogP contribution is 2.29. The lowest BCUT2D eigenvalue weighted by atomic mass is 9.97. The third-order valence-corrected chi connectivity index (χ3v) is 2.62. The van der Waals surface area contributed by atoms with Crippen LogP contribution in [-0.2, 0) is 0 Å². The Balaban J connectivity index is 2.76. The Morgan fingerprint density at radius 1 is 1.13 bits per heavy atom. The van der Waals surface area contributed by atoms with Crippen molar-refractivity contribution in [2.75, 3.05) is 7.11 Å². The van der Waals surface area contributed by atoms with E-state index in [1.54, 1.807) is 13.3 Å². The molecule has 0 amide bonds. The van der Waals surface area contributed by atoms with Gasteiger partial charge in [-0.3, -0.25) is 0 Å². The molecule has 78 valence electrons. The molecule has 2 heteroatoms. The molecule has 0 aliphatic rings. The van der Waals surface area contributed by atoms with E-state index in [2.05, 4.69) is 31.0 Å². The Bertz CT molecular complexity index is 477. The number of ether oxygens (including phenoxy) is 1. The predicted molar refractivity (Wildman–Crippen MR) is 62.4 cm³/mol. The van der Waals surface area contributed by atoms with Gasteiger partial charge in [-0.2, -0.15) is 0 Å². The standard InChI is InChI=1S/C13H15NO/c1-9(2)10-5-4-6-12-11(10)7-8-14-13(12)15-3/h4-9H,1-3H3. The van der Waals surface area contributed by atoms with Crippen molar-refractivity contribution in [3.05, 3.63) is 36.0 Å². The Labute approximate surface area is 89.9 Å². The molecular formula is C13H15NO. The van der Waals surface area contributed by atoms with Crippen molar-refractivity contribution >= 4 is 10.8 Å². The number of aromatic nitrogens is 1. The van der Waals surface area contributed by atoms with E-state index in [0.717, 1.165) is 5.39 Å². The molecular weight excluding hydrogens is 186 g/mol. The summed E-state index contributed by atoms with van der Waals surface area (Å²) in [7, 11) is 1.66. The lowest BCUT2D eigenvalue weighted by Crippen LogP contribution is -1.93. The van der Waals surface area contributed by atoms with Crippen LogP contribution in [0, 0.1) is 0 Å². The summed E-state index contributed by atoms with van der Waals surface area (Å²) < 4.78 is 5.25. The minimum absolute atomic E-state index is 0.515. The molecule has 0 aliphatic carbocycles. The highest BCUT2D eigenvalue weighted by Gasteiger charge is 2.07. The summed E-state index contributed by atoms with van der Waals surface area (Å²) in [5.74, 6) is 1.22. The normalized spacial score (nSPS) is 10.9. The van der Waals surface area contributed by atoms with Crippen molar-refractivity contribution in [3.8, 4) is 5.88 Å². The van der Waals surface area contributed by atoms with Gasteiger partial charge in [0.25, 0.3) is 0 Å². The molecule has 0 fully saturated rings. The maximum absolute atomic E-state index is 5.25. The van der Waals surface area contributed by atoms with E-state index in [9.17, 15) is 0 Å². The molecule has 0 aliphatic heterocycles. The molecule has 0 unspecified atom stereocenters. The van der Waals surface area contributed by atoms with Gasteiger partial charge in [-0.15, -0.1) is 0 Å². The minimum Gasteiger partial charge on any atom is -0.481 e. The van der Waals surface area contributed by atoms with Gasteiger partial charge in [0.1, 0.15) is 0 Å². The van der Waals surface area contributed by atoms with E-state index in [-0.39, 0.29) is 0 Å². The molecule has 2 aromatic rings. The molecule has 0 spiro atoms. The Kier molecular flexibility index (Phi) is 2.58. The molecule has 1 aromatic heterocycles. The van der Waals surface area contributed by atoms with Crippen LogP contribution in [0.15, 0.2) is 30.5 Å². The number of rotatable bonds is 2. The predicted octanol–water partition coefficient (Wildman–Crippen LogP) is 3.37.